The number of esters is 1. The fourth-order valence-corrected chi connectivity index (χ4v) is 1.95. The van der Waals surface area contributed by atoms with Crippen LogP contribution in [0.1, 0.15) is 21.5 Å². The molecule has 0 aromatic heterocycles. The third-order valence-electron chi connectivity index (χ3n) is 3.34. The van der Waals surface area contributed by atoms with Crippen molar-refractivity contribution in [2.24, 2.45) is 0 Å². The van der Waals surface area contributed by atoms with Crippen molar-refractivity contribution in [3.8, 4) is 0 Å². The van der Waals surface area contributed by atoms with Gasteiger partial charge < -0.3 is 15.8 Å². The Labute approximate surface area is 129 Å². The van der Waals surface area contributed by atoms with Gasteiger partial charge in [0.1, 0.15) is 0 Å². The second-order valence-electron chi connectivity index (χ2n) is 5.00. The summed E-state index contributed by atoms with van der Waals surface area (Å²) in [7, 11) is 0. The highest BCUT2D eigenvalue weighted by Gasteiger charge is 2.11. The molecule has 0 atom stereocenters. The standard InChI is InChI=1S/C17H18N2O3/c1-11-5-3-8-15(12(11)2)19-16(20)10-22-17(21)13-6-4-7-14(18)9-13/h3-9H,10,18H2,1-2H3,(H,19,20). The zero-order chi connectivity index (χ0) is 16.1. The molecule has 0 saturated heterocycles. The average Bonchev–Trinajstić information content (AvgIpc) is 2.49. The van der Waals surface area contributed by atoms with E-state index < -0.39 is 5.97 Å². The molecule has 0 heterocycles. The van der Waals surface area contributed by atoms with Crippen LogP contribution in [0.15, 0.2) is 42.5 Å². The quantitative estimate of drug-likeness (QED) is 0.671. The van der Waals surface area contributed by atoms with Crippen LogP contribution in [0.4, 0.5) is 11.4 Å². The maximum Gasteiger partial charge on any atom is 0.338 e. The minimum absolute atomic E-state index is 0.319. The molecule has 2 rings (SSSR count). The third-order valence-corrected chi connectivity index (χ3v) is 3.34. The van der Waals surface area contributed by atoms with E-state index in [1.54, 1.807) is 24.3 Å². The van der Waals surface area contributed by atoms with Crippen LogP contribution >= 0.6 is 0 Å². The number of nitrogen functional groups attached to an aromatic ring is 1. The van der Waals surface area contributed by atoms with Gasteiger partial charge in [-0.25, -0.2) is 4.79 Å². The Balaban J connectivity index is 1.93. The molecule has 22 heavy (non-hydrogen) atoms. The molecule has 5 nitrogen and oxygen atoms in total. The second-order valence-corrected chi connectivity index (χ2v) is 5.00. The lowest BCUT2D eigenvalue weighted by Gasteiger charge is -2.10. The van der Waals surface area contributed by atoms with Gasteiger partial charge in [0, 0.05) is 11.4 Å². The number of hydrogen-bond donors (Lipinski definition) is 2. The topological polar surface area (TPSA) is 81.4 Å². The number of hydrogen-bond acceptors (Lipinski definition) is 4. The lowest BCUT2D eigenvalue weighted by atomic mass is 10.1. The predicted octanol–water partition coefficient (Wildman–Crippen LogP) is 2.68. The summed E-state index contributed by atoms with van der Waals surface area (Å²) in [6.07, 6.45) is 0. The molecule has 0 aliphatic rings. The van der Waals surface area contributed by atoms with Gasteiger partial charge in [-0.3, -0.25) is 4.79 Å². The highest BCUT2D eigenvalue weighted by Crippen LogP contribution is 2.17. The third kappa shape index (κ3) is 3.85. The van der Waals surface area contributed by atoms with Crippen LogP contribution in [0, 0.1) is 13.8 Å². The maximum absolute atomic E-state index is 11.9. The number of carbonyl (C=O) groups is 2. The summed E-state index contributed by atoms with van der Waals surface area (Å²) < 4.78 is 4.98. The number of nitrogens with two attached hydrogens (primary N) is 1. The predicted molar refractivity (Wildman–Crippen MR) is 85.7 cm³/mol. The van der Waals surface area contributed by atoms with Gasteiger partial charge in [0.2, 0.25) is 0 Å². The smallest absolute Gasteiger partial charge is 0.338 e. The zero-order valence-electron chi connectivity index (χ0n) is 12.6. The fourth-order valence-electron chi connectivity index (χ4n) is 1.95. The van der Waals surface area contributed by atoms with Crippen molar-refractivity contribution >= 4 is 23.3 Å². The van der Waals surface area contributed by atoms with Gasteiger partial charge in [0.15, 0.2) is 6.61 Å². The molecule has 0 fully saturated rings. The molecular weight excluding hydrogens is 280 g/mol. The van der Waals surface area contributed by atoms with Crippen molar-refractivity contribution < 1.29 is 14.3 Å². The lowest BCUT2D eigenvalue weighted by molar-refractivity contribution is -0.119. The first-order chi connectivity index (χ1) is 10.5. The van der Waals surface area contributed by atoms with E-state index in [0.29, 0.717) is 16.9 Å². The summed E-state index contributed by atoms with van der Waals surface area (Å²) >= 11 is 0. The summed E-state index contributed by atoms with van der Waals surface area (Å²) in [6, 6.07) is 12.0. The molecule has 0 saturated carbocycles. The summed E-state index contributed by atoms with van der Waals surface area (Å²) in [5.41, 5.74) is 9.16. The molecule has 0 unspecified atom stereocenters. The maximum atomic E-state index is 11.9. The van der Waals surface area contributed by atoms with Crippen LogP contribution in [-0.2, 0) is 9.53 Å². The summed E-state index contributed by atoms with van der Waals surface area (Å²) in [4.78, 5) is 23.7. The molecule has 3 N–H and O–H groups in total. The molecule has 0 aliphatic heterocycles. The normalized spacial score (nSPS) is 10.1. The lowest BCUT2D eigenvalue weighted by Crippen LogP contribution is -2.21. The van der Waals surface area contributed by atoms with Gasteiger partial charge in [-0.05, 0) is 49.2 Å². The van der Waals surface area contributed by atoms with Crippen LogP contribution in [0.3, 0.4) is 0 Å². The first-order valence-corrected chi connectivity index (χ1v) is 6.86. The van der Waals surface area contributed by atoms with Crippen LogP contribution in [0.5, 0.6) is 0 Å². The van der Waals surface area contributed by atoms with Crippen LogP contribution in [0.2, 0.25) is 0 Å². The number of rotatable bonds is 4. The van der Waals surface area contributed by atoms with Crippen molar-refractivity contribution in [1.29, 1.82) is 0 Å². The van der Waals surface area contributed by atoms with Gasteiger partial charge >= 0.3 is 5.97 Å². The molecule has 0 spiro atoms. The summed E-state index contributed by atoms with van der Waals surface area (Å²) in [5, 5.41) is 2.73. The largest absolute Gasteiger partial charge is 0.452 e. The minimum Gasteiger partial charge on any atom is -0.452 e. The van der Waals surface area contributed by atoms with Crippen LogP contribution in [-0.4, -0.2) is 18.5 Å². The van der Waals surface area contributed by atoms with Crippen molar-refractivity contribution in [2.75, 3.05) is 17.7 Å². The van der Waals surface area contributed by atoms with E-state index in [4.69, 9.17) is 10.5 Å². The Kier molecular flexibility index (Phi) is 4.78. The SMILES string of the molecule is Cc1cccc(NC(=O)COC(=O)c2cccc(N)c2)c1C. The van der Waals surface area contributed by atoms with Crippen molar-refractivity contribution in [1.82, 2.24) is 0 Å². The number of aryl methyl sites for hydroxylation is 1. The molecule has 0 bridgehead atoms. The highest BCUT2D eigenvalue weighted by molar-refractivity contribution is 5.96. The Bertz CT molecular complexity index is 711. The first-order valence-electron chi connectivity index (χ1n) is 6.86. The molecule has 2 aromatic carbocycles. The van der Waals surface area contributed by atoms with Gasteiger partial charge in [-0.2, -0.15) is 0 Å². The minimum atomic E-state index is -0.580. The highest BCUT2D eigenvalue weighted by atomic mass is 16.5. The number of amides is 1. The molecule has 0 radical (unpaired) electrons. The molecule has 1 amide bonds. The van der Waals surface area contributed by atoms with Gasteiger partial charge in [-0.1, -0.05) is 18.2 Å². The Hall–Kier alpha value is -2.82. The van der Waals surface area contributed by atoms with Crippen LogP contribution < -0.4 is 11.1 Å². The number of nitrogens with one attached hydrogen (secondary N) is 1. The second kappa shape index (κ2) is 6.76. The first kappa shape index (κ1) is 15.6. The van der Waals surface area contributed by atoms with E-state index in [2.05, 4.69) is 5.32 Å². The number of benzene rings is 2. The average molecular weight is 298 g/mol. The Morgan fingerprint density at radius 2 is 1.86 bits per heavy atom. The number of ether oxygens (including phenoxy) is 1. The number of carbonyl (C=O) groups excluding carboxylic acids is 2. The molecule has 0 aliphatic carbocycles. The van der Waals surface area contributed by atoms with Crippen molar-refractivity contribution in [3.05, 3.63) is 59.2 Å². The van der Waals surface area contributed by atoms with Crippen LogP contribution in [0.25, 0.3) is 0 Å². The fraction of sp³-hybridized carbons (Fsp3) is 0.176. The molecule has 114 valence electrons. The summed E-state index contributed by atoms with van der Waals surface area (Å²) in [6.45, 7) is 3.54. The Morgan fingerprint density at radius 1 is 1.14 bits per heavy atom. The summed E-state index contributed by atoms with van der Waals surface area (Å²) in [5.74, 6) is -0.964. The van der Waals surface area contributed by atoms with E-state index in [0.717, 1.165) is 11.1 Å². The molecule has 2 aromatic rings. The molecule has 5 heteroatoms. The van der Waals surface area contributed by atoms with Crippen molar-refractivity contribution in [3.63, 3.8) is 0 Å². The van der Waals surface area contributed by atoms with E-state index in [1.807, 2.05) is 26.0 Å². The van der Waals surface area contributed by atoms with Gasteiger partial charge in [0.05, 0.1) is 5.56 Å². The van der Waals surface area contributed by atoms with E-state index in [-0.39, 0.29) is 12.5 Å². The van der Waals surface area contributed by atoms with Gasteiger partial charge in [0.25, 0.3) is 5.91 Å². The van der Waals surface area contributed by atoms with E-state index in [1.165, 1.54) is 6.07 Å². The number of anilines is 2. The van der Waals surface area contributed by atoms with Gasteiger partial charge in [-0.15, -0.1) is 0 Å². The van der Waals surface area contributed by atoms with E-state index >= 15 is 0 Å². The molecular formula is C17H18N2O3. The zero-order valence-corrected chi connectivity index (χ0v) is 12.6. The van der Waals surface area contributed by atoms with E-state index in [9.17, 15) is 9.59 Å². The van der Waals surface area contributed by atoms with Crippen molar-refractivity contribution in [2.45, 2.75) is 13.8 Å². The Morgan fingerprint density at radius 3 is 2.59 bits per heavy atom. The monoisotopic (exact) mass is 298 g/mol.